The van der Waals surface area contributed by atoms with Gasteiger partial charge in [0.1, 0.15) is 22.9 Å². The number of nitrogens with zero attached hydrogens (tertiary/aromatic N) is 1. The third kappa shape index (κ3) is 3.85. The standard InChI is InChI=1S/C22H26FNO4/c1-27-17-5-2-15(3-6-17)20(26)14-24-10-8-22(9-11-24)13-19(25)18-12-16(23)4-7-21(18)28-22/h2-7,12,19-20,25-26H,8-11,13-14H2,1H3/t19-,20+/m0/s1. The van der Waals surface area contributed by atoms with E-state index in [0.717, 1.165) is 37.2 Å². The van der Waals surface area contributed by atoms with Gasteiger partial charge in [-0.2, -0.15) is 0 Å². The van der Waals surface area contributed by atoms with Crippen molar-refractivity contribution in [2.75, 3.05) is 26.7 Å². The molecule has 4 rings (SSSR count). The molecular weight excluding hydrogens is 361 g/mol. The lowest BCUT2D eigenvalue weighted by atomic mass is 9.81. The fraction of sp³-hybridized carbons (Fsp3) is 0.455. The van der Waals surface area contributed by atoms with E-state index < -0.39 is 17.8 Å². The molecule has 1 fully saturated rings. The molecule has 2 aromatic rings. The van der Waals surface area contributed by atoms with E-state index in [0.29, 0.717) is 24.3 Å². The zero-order chi connectivity index (χ0) is 19.7. The maximum absolute atomic E-state index is 13.5. The van der Waals surface area contributed by atoms with Crippen LogP contribution in [-0.2, 0) is 0 Å². The van der Waals surface area contributed by atoms with E-state index in [2.05, 4.69) is 4.90 Å². The normalized spacial score (nSPS) is 22.4. The van der Waals surface area contributed by atoms with Gasteiger partial charge in [0.2, 0.25) is 0 Å². The lowest BCUT2D eigenvalue weighted by Gasteiger charge is -2.46. The van der Waals surface area contributed by atoms with Crippen molar-refractivity contribution >= 4 is 0 Å². The van der Waals surface area contributed by atoms with Gasteiger partial charge in [-0.15, -0.1) is 0 Å². The summed E-state index contributed by atoms with van der Waals surface area (Å²) in [6.07, 6.45) is 0.711. The Morgan fingerprint density at radius 3 is 2.61 bits per heavy atom. The Bertz CT molecular complexity index is 818. The Morgan fingerprint density at radius 1 is 1.21 bits per heavy atom. The van der Waals surface area contributed by atoms with Crippen LogP contribution in [0.1, 0.15) is 42.6 Å². The third-order valence-corrected chi connectivity index (χ3v) is 5.92. The van der Waals surface area contributed by atoms with Crippen LogP contribution in [0.2, 0.25) is 0 Å². The van der Waals surface area contributed by atoms with E-state index in [1.54, 1.807) is 13.2 Å². The molecule has 1 saturated heterocycles. The smallest absolute Gasteiger partial charge is 0.126 e. The van der Waals surface area contributed by atoms with Gasteiger partial charge in [0.15, 0.2) is 0 Å². The monoisotopic (exact) mass is 387 g/mol. The van der Waals surface area contributed by atoms with Crippen LogP contribution in [0.25, 0.3) is 0 Å². The summed E-state index contributed by atoms with van der Waals surface area (Å²) >= 11 is 0. The molecule has 2 aliphatic rings. The summed E-state index contributed by atoms with van der Waals surface area (Å²) in [6.45, 7) is 2.10. The van der Waals surface area contributed by atoms with Crippen LogP contribution in [0.5, 0.6) is 11.5 Å². The third-order valence-electron chi connectivity index (χ3n) is 5.92. The molecule has 2 aromatic carbocycles. The van der Waals surface area contributed by atoms with Crippen LogP contribution < -0.4 is 9.47 Å². The number of benzene rings is 2. The highest BCUT2D eigenvalue weighted by molar-refractivity contribution is 5.38. The van der Waals surface area contributed by atoms with Crippen molar-refractivity contribution in [3.63, 3.8) is 0 Å². The summed E-state index contributed by atoms with van der Waals surface area (Å²) in [5.74, 6) is 0.982. The first kappa shape index (κ1) is 19.2. The van der Waals surface area contributed by atoms with Crippen LogP contribution in [0, 0.1) is 5.82 Å². The number of hydrogen-bond acceptors (Lipinski definition) is 5. The first-order valence-corrected chi connectivity index (χ1v) is 9.69. The molecule has 0 bridgehead atoms. The summed E-state index contributed by atoms with van der Waals surface area (Å²) in [5.41, 5.74) is 0.968. The van der Waals surface area contributed by atoms with Crippen LogP contribution in [-0.4, -0.2) is 47.5 Å². The maximum atomic E-state index is 13.5. The Labute approximate surface area is 164 Å². The second-order valence-electron chi connectivity index (χ2n) is 7.78. The Hall–Kier alpha value is -2.15. The highest BCUT2D eigenvalue weighted by atomic mass is 19.1. The molecule has 2 heterocycles. The lowest BCUT2D eigenvalue weighted by Crippen LogP contribution is -2.51. The number of hydrogen-bond donors (Lipinski definition) is 2. The van der Waals surface area contributed by atoms with Crippen LogP contribution in [0.3, 0.4) is 0 Å². The minimum absolute atomic E-state index is 0.361. The number of fused-ring (bicyclic) bond motifs is 1. The first-order chi connectivity index (χ1) is 13.5. The lowest BCUT2D eigenvalue weighted by molar-refractivity contribution is -0.0589. The predicted octanol–water partition coefficient (Wildman–Crippen LogP) is 3.22. The van der Waals surface area contributed by atoms with Gasteiger partial charge in [-0.3, -0.25) is 0 Å². The molecule has 2 aliphatic heterocycles. The van der Waals surface area contributed by atoms with E-state index in [9.17, 15) is 14.6 Å². The molecule has 2 atom stereocenters. The van der Waals surface area contributed by atoms with Crippen molar-refractivity contribution in [2.24, 2.45) is 0 Å². The van der Waals surface area contributed by atoms with Crippen molar-refractivity contribution in [3.8, 4) is 11.5 Å². The fourth-order valence-corrected chi connectivity index (χ4v) is 4.24. The van der Waals surface area contributed by atoms with Gasteiger partial charge >= 0.3 is 0 Å². The highest BCUT2D eigenvalue weighted by Gasteiger charge is 2.43. The summed E-state index contributed by atoms with van der Waals surface area (Å²) in [4.78, 5) is 2.22. The molecule has 1 spiro atoms. The minimum atomic E-state index is -0.712. The quantitative estimate of drug-likeness (QED) is 0.844. The summed E-state index contributed by atoms with van der Waals surface area (Å²) < 4.78 is 24.8. The molecular formula is C22H26FNO4. The molecule has 2 N–H and O–H groups in total. The van der Waals surface area contributed by atoms with Crippen molar-refractivity contribution in [1.29, 1.82) is 0 Å². The largest absolute Gasteiger partial charge is 0.497 e. The van der Waals surface area contributed by atoms with Gasteiger partial charge in [0.25, 0.3) is 0 Å². The molecule has 0 aliphatic carbocycles. The number of ether oxygens (including phenoxy) is 2. The molecule has 0 unspecified atom stereocenters. The molecule has 28 heavy (non-hydrogen) atoms. The van der Waals surface area contributed by atoms with E-state index in [1.165, 1.54) is 12.1 Å². The number of methoxy groups -OCH3 is 1. The number of aliphatic hydroxyl groups excluding tert-OH is 2. The van der Waals surface area contributed by atoms with E-state index in [1.807, 2.05) is 24.3 Å². The SMILES string of the molecule is COc1ccc([C@H](O)CN2CCC3(CC2)C[C@H](O)c2cc(F)ccc2O3)cc1. The average Bonchev–Trinajstić information content (AvgIpc) is 2.71. The maximum Gasteiger partial charge on any atom is 0.126 e. The van der Waals surface area contributed by atoms with Gasteiger partial charge in [0, 0.05) is 31.6 Å². The Kier molecular flexibility index (Phi) is 5.27. The molecule has 0 saturated carbocycles. The Balaban J connectivity index is 1.37. The number of likely N-dealkylation sites (tertiary alicyclic amines) is 1. The molecule has 0 amide bonds. The summed E-state index contributed by atoms with van der Waals surface area (Å²) in [6, 6.07) is 11.8. The molecule has 150 valence electrons. The van der Waals surface area contributed by atoms with Crippen LogP contribution in [0.4, 0.5) is 4.39 Å². The fourth-order valence-electron chi connectivity index (χ4n) is 4.24. The topological polar surface area (TPSA) is 62.2 Å². The molecule has 5 nitrogen and oxygen atoms in total. The number of halogens is 1. The summed E-state index contributed by atoms with van der Waals surface area (Å²) in [7, 11) is 1.62. The first-order valence-electron chi connectivity index (χ1n) is 9.69. The predicted molar refractivity (Wildman–Crippen MR) is 103 cm³/mol. The van der Waals surface area contributed by atoms with Gasteiger partial charge in [0.05, 0.1) is 19.3 Å². The molecule has 0 aromatic heterocycles. The summed E-state index contributed by atoms with van der Waals surface area (Å²) in [5, 5.41) is 21.0. The highest BCUT2D eigenvalue weighted by Crippen LogP contribution is 2.44. The zero-order valence-electron chi connectivity index (χ0n) is 16.0. The van der Waals surface area contributed by atoms with Crippen LogP contribution >= 0.6 is 0 Å². The van der Waals surface area contributed by atoms with Crippen LogP contribution in [0.15, 0.2) is 42.5 Å². The average molecular weight is 387 g/mol. The van der Waals surface area contributed by atoms with Crippen molar-refractivity contribution in [1.82, 2.24) is 4.90 Å². The molecule has 0 radical (unpaired) electrons. The minimum Gasteiger partial charge on any atom is -0.497 e. The zero-order valence-corrected chi connectivity index (χ0v) is 16.0. The molecule has 6 heteroatoms. The van der Waals surface area contributed by atoms with Crippen molar-refractivity contribution < 1.29 is 24.1 Å². The van der Waals surface area contributed by atoms with Crippen molar-refractivity contribution in [3.05, 3.63) is 59.4 Å². The van der Waals surface area contributed by atoms with E-state index >= 15 is 0 Å². The number of piperidine rings is 1. The second-order valence-corrected chi connectivity index (χ2v) is 7.78. The van der Waals surface area contributed by atoms with Gasteiger partial charge < -0.3 is 24.6 Å². The number of β-amino-alcohol motifs (C(OH)–C–C–N with tert-alkyl or cyclic N) is 1. The number of rotatable bonds is 4. The van der Waals surface area contributed by atoms with Crippen molar-refractivity contribution in [2.45, 2.75) is 37.1 Å². The van der Waals surface area contributed by atoms with Gasteiger partial charge in [-0.25, -0.2) is 4.39 Å². The second kappa shape index (κ2) is 7.70. The van der Waals surface area contributed by atoms with Gasteiger partial charge in [-0.1, -0.05) is 12.1 Å². The number of aliphatic hydroxyl groups is 2. The van der Waals surface area contributed by atoms with E-state index in [4.69, 9.17) is 9.47 Å². The van der Waals surface area contributed by atoms with Gasteiger partial charge in [-0.05, 0) is 48.7 Å². The van der Waals surface area contributed by atoms with E-state index in [-0.39, 0.29) is 5.82 Å². The Morgan fingerprint density at radius 2 is 1.93 bits per heavy atom.